The second-order valence-electron chi connectivity index (χ2n) is 7.23. The average Bonchev–Trinajstić information content (AvgIpc) is 2.70. The molecule has 0 spiro atoms. The van der Waals surface area contributed by atoms with Gasteiger partial charge in [0.1, 0.15) is 0 Å². The fourth-order valence-electron chi connectivity index (χ4n) is 3.54. The minimum atomic E-state index is -0.0914. The average molecular weight is 365 g/mol. The van der Waals surface area contributed by atoms with Gasteiger partial charge in [-0.2, -0.15) is 0 Å². The van der Waals surface area contributed by atoms with E-state index in [-0.39, 0.29) is 17.9 Å². The number of nitrogens with zero attached hydrogens (tertiary/aromatic N) is 2. The summed E-state index contributed by atoms with van der Waals surface area (Å²) < 4.78 is 0. The van der Waals surface area contributed by atoms with Crippen molar-refractivity contribution in [2.75, 3.05) is 13.1 Å². The molecule has 0 bridgehead atoms. The summed E-state index contributed by atoms with van der Waals surface area (Å²) in [5, 5.41) is 3.03. The number of carbonyl (C=O) groups is 2. The van der Waals surface area contributed by atoms with Gasteiger partial charge in [0.05, 0.1) is 18.2 Å². The van der Waals surface area contributed by atoms with Crippen molar-refractivity contribution in [1.29, 1.82) is 0 Å². The summed E-state index contributed by atoms with van der Waals surface area (Å²) in [7, 11) is 0. The number of carbonyl (C=O) groups excluding carboxylic acids is 2. The Kier molecular flexibility index (Phi) is 6.58. The molecule has 0 aliphatic carbocycles. The fourth-order valence-corrected chi connectivity index (χ4v) is 3.54. The van der Waals surface area contributed by atoms with E-state index in [1.54, 1.807) is 6.20 Å². The predicted octanol–water partition coefficient (Wildman–Crippen LogP) is 3.13. The number of pyridine rings is 1. The number of benzene rings is 1. The van der Waals surface area contributed by atoms with Crippen LogP contribution in [0.4, 0.5) is 0 Å². The number of amides is 2. The number of rotatable bonds is 6. The van der Waals surface area contributed by atoms with Crippen molar-refractivity contribution < 1.29 is 9.59 Å². The smallest absolute Gasteiger partial charge is 0.226 e. The van der Waals surface area contributed by atoms with E-state index in [0.717, 1.165) is 37.2 Å². The Hall–Kier alpha value is -2.69. The van der Waals surface area contributed by atoms with Crippen molar-refractivity contribution in [2.24, 2.45) is 5.92 Å². The summed E-state index contributed by atoms with van der Waals surface area (Å²) in [6.07, 6.45) is 4.46. The first-order valence-corrected chi connectivity index (χ1v) is 9.64. The third-order valence-corrected chi connectivity index (χ3v) is 5.15. The van der Waals surface area contributed by atoms with Gasteiger partial charge >= 0.3 is 0 Å². The maximum absolute atomic E-state index is 12.4. The highest BCUT2D eigenvalue weighted by molar-refractivity contribution is 5.79. The first kappa shape index (κ1) is 19.1. The standard InChI is InChI=1S/C22H27N3O2/c1-17(20-9-5-6-12-23-20)24-21(26)15-19-10-13-25(14-11-19)22(27)16-18-7-3-2-4-8-18/h2-9,12,17,19H,10-11,13-16H2,1H3,(H,24,26)/t17-/m1/s1. The molecule has 2 amide bonds. The van der Waals surface area contributed by atoms with Crippen LogP contribution in [0, 0.1) is 5.92 Å². The van der Waals surface area contributed by atoms with Gasteiger partial charge in [-0.05, 0) is 43.4 Å². The molecule has 5 heteroatoms. The Morgan fingerprint density at radius 3 is 2.48 bits per heavy atom. The molecule has 2 heterocycles. The zero-order chi connectivity index (χ0) is 19.1. The van der Waals surface area contributed by atoms with Crippen molar-refractivity contribution in [1.82, 2.24) is 15.2 Å². The van der Waals surface area contributed by atoms with E-state index in [1.165, 1.54) is 0 Å². The Bertz CT molecular complexity index is 741. The van der Waals surface area contributed by atoms with E-state index in [0.29, 0.717) is 18.8 Å². The molecule has 1 aromatic carbocycles. The summed E-state index contributed by atoms with van der Waals surface area (Å²) in [5.74, 6) is 0.566. The molecule has 0 radical (unpaired) electrons. The second-order valence-corrected chi connectivity index (χ2v) is 7.23. The van der Waals surface area contributed by atoms with Gasteiger partial charge in [-0.1, -0.05) is 36.4 Å². The van der Waals surface area contributed by atoms with Crippen LogP contribution in [0.15, 0.2) is 54.7 Å². The fraction of sp³-hybridized carbons (Fsp3) is 0.409. The lowest BCUT2D eigenvalue weighted by Gasteiger charge is -2.32. The number of nitrogens with one attached hydrogen (secondary N) is 1. The molecule has 27 heavy (non-hydrogen) atoms. The van der Waals surface area contributed by atoms with Gasteiger partial charge < -0.3 is 10.2 Å². The lowest BCUT2D eigenvalue weighted by Crippen LogP contribution is -2.40. The Morgan fingerprint density at radius 1 is 1.11 bits per heavy atom. The number of hydrogen-bond acceptors (Lipinski definition) is 3. The van der Waals surface area contributed by atoms with Crippen LogP contribution in [-0.2, 0) is 16.0 Å². The van der Waals surface area contributed by atoms with Crippen LogP contribution >= 0.6 is 0 Å². The maximum Gasteiger partial charge on any atom is 0.226 e. The summed E-state index contributed by atoms with van der Waals surface area (Å²) in [6, 6.07) is 15.5. The highest BCUT2D eigenvalue weighted by atomic mass is 16.2. The Morgan fingerprint density at radius 2 is 1.81 bits per heavy atom. The molecule has 1 aliphatic heterocycles. The molecule has 1 saturated heterocycles. The van der Waals surface area contributed by atoms with Gasteiger partial charge in [0.2, 0.25) is 11.8 Å². The van der Waals surface area contributed by atoms with Crippen molar-refractivity contribution in [3.8, 4) is 0 Å². The molecule has 5 nitrogen and oxygen atoms in total. The number of hydrogen-bond donors (Lipinski definition) is 1. The van der Waals surface area contributed by atoms with Gasteiger partial charge in [0, 0.05) is 25.7 Å². The molecule has 142 valence electrons. The van der Waals surface area contributed by atoms with Crippen LogP contribution < -0.4 is 5.32 Å². The monoisotopic (exact) mass is 365 g/mol. The third-order valence-electron chi connectivity index (χ3n) is 5.15. The van der Waals surface area contributed by atoms with Crippen LogP contribution in [-0.4, -0.2) is 34.8 Å². The van der Waals surface area contributed by atoms with Gasteiger partial charge in [0.15, 0.2) is 0 Å². The predicted molar refractivity (Wildman–Crippen MR) is 105 cm³/mol. The molecule has 0 saturated carbocycles. The largest absolute Gasteiger partial charge is 0.348 e. The molecule has 1 fully saturated rings. The van der Waals surface area contributed by atoms with E-state index in [1.807, 2.05) is 60.4 Å². The molecule has 3 rings (SSSR count). The molecule has 1 atom stereocenters. The van der Waals surface area contributed by atoms with E-state index in [2.05, 4.69) is 10.3 Å². The number of likely N-dealkylation sites (tertiary alicyclic amines) is 1. The summed E-state index contributed by atoms with van der Waals surface area (Å²) in [5.41, 5.74) is 1.92. The normalized spacial score (nSPS) is 16.0. The molecule has 1 aliphatic rings. The lowest BCUT2D eigenvalue weighted by molar-refractivity contribution is -0.132. The van der Waals surface area contributed by atoms with Crippen LogP contribution in [0.3, 0.4) is 0 Å². The number of piperidine rings is 1. The van der Waals surface area contributed by atoms with Crippen molar-refractivity contribution in [3.05, 3.63) is 66.0 Å². The van der Waals surface area contributed by atoms with Crippen LogP contribution in [0.5, 0.6) is 0 Å². The van der Waals surface area contributed by atoms with Gasteiger partial charge in [-0.3, -0.25) is 14.6 Å². The van der Waals surface area contributed by atoms with Crippen LogP contribution in [0.2, 0.25) is 0 Å². The van der Waals surface area contributed by atoms with Gasteiger partial charge in [-0.15, -0.1) is 0 Å². The van der Waals surface area contributed by atoms with E-state index >= 15 is 0 Å². The first-order valence-electron chi connectivity index (χ1n) is 9.64. The van der Waals surface area contributed by atoms with Crippen LogP contribution in [0.1, 0.15) is 43.5 Å². The Balaban J connectivity index is 1.41. The quantitative estimate of drug-likeness (QED) is 0.855. The molecule has 0 unspecified atom stereocenters. The summed E-state index contributed by atoms with van der Waals surface area (Å²) in [4.78, 5) is 31.0. The first-order chi connectivity index (χ1) is 13.1. The lowest BCUT2D eigenvalue weighted by atomic mass is 9.92. The molecular weight excluding hydrogens is 338 g/mol. The van der Waals surface area contributed by atoms with Gasteiger partial charge in [0.25, 0.3) is 0 Å². The third kappa shape index (κ3) is 5.64. The van der Waals surface area contributed by atoms with E-state index in [9.17, 15) is 9.59 Å². The maximum atomic E-state index is 12.4. The Labute approximate surface area is 160 Å². The van der Waals surface area contributed by atoms with Crippen molar-refractivity contribution >= 4 is 11.8 Å². The summed E-state index contributed by atoms with van der Waals surface area (Å²) in [6.45, 7) is 3.42. The molecular formula is C22H27N3O2. The SMILES string of the molecule is C[C@@H](NC(=O)CC1CCN(C(=O)Cc2ccccc2)CC1)c1ccccn1. The summed E-state index contributed by atoms with van der Waals surface area (Å²) >= 11 is 0. The topological polar surface area (TPSA) is 62.3 Å². The minimum Gasteiger partial charge on any atom is -0.348 e. The highest BCUT2D eigenvalue weighted by Crippen LogP contribution is 2.22. The van der Waals surface area contributed by atoms with Crippen molar-refractivity contribution in [2.45, 2.75) is 38.6 Å². The minimum absolute atomic E-state index is 0.0576. The number of aromatic nitrogens is 1. The van der Waals surface area contributed by atoms with E-state index in [4.69, 9.17) is 0 Å². The molecule has 1 aromatic heterocycles. The molecule has 2 aromatic rings. The van der Waals surface area contributed by atoms with E-state index < -0.39 is 0 Å². The zero-order valence-corrected chi connectivity index (χ0v) is 15.8. The molecule has 1 N–H and O–H groups in total. The highest BCUT2D eigenvalue weighted by Gasteiger charge is 2.25. The second kappa shape index (κ2) is 9.31. The van der Waals surface area contributed by atoms with Crippen LogP contribution in [0.25, 0.3) is 0 Å². The van der Waals surface area contributed by atoms with Crippen molar-refractivity contribution in [3.63, 3.8) is 0 Å². The van der Waals surface area contributed by atoms with Gasteiger partial charge in [-0.25, -0.2) is 0 Å². The zero-order valence-electron chi connectivity index (χ0n) is 15.8.